The summed E-state index contributed by atoms with van der Waals surface area (Å²) in [5.74, 6) is 0.0198. The van der Waals surface area contributed by atoms with Crippen molar-refractivity contribution >= 4 is 5.91 Å². The summed E-state index contributed by atoms with van der Waals surface area (Å²) in [5.41, 5.74) is 2.31. The molecular formula is C16H22N4O2. The van der Waals surface area contributed by atoms with Gasteiger partial charge in [-0.15, -0.1) is 0 Å². The van der Waals surface area contributed by atoms with Crippen molar-refractivity contribution < 1.29 is 4.79 Å². The molecule has 0 bridgehead atoms. The highest BCUT2D eigenvalue weighted by molar-refractivity contribution is 5.93. The molecular weight excluding hydrogens is 280 g/mol. The van der Waals surface area contributed by atoms with Crippen LogP contribution >= 0.6 is 0 Å². The van der Waals surface area contributed by atoms with Gasteiger partial charge in [-0.3, -0.25) is 14.3 Å². The first kappa shape index (κ1) is 16.0. The summed E-state index contributed by atoms with van der Waals surface area (Å²) in [6, 6.07) is 5.02. The molecule has 1 amide bonds. The number of hydrogen-bond donors (Lipinski definition) is 1. The number of amides is 1. The summed E-state index contributed by atoms with van der Waals surface area (Å²) in [6.45, 7) is 7.32. The van der Waals surface area contributed by atoms with Gasteiger partial charge in [0.1, 0.15) is 0 Å². The van der Waals surface area contributed by atoms with Gasteiger partial charge in [-0.05, 0) is 31.9 Å². The Morgan fingerprint density at radius 3 is 2.68 bits per heavy atom. The fraction of sp³-hybridized carbons (Fsp3) is 0.438. The van der Waals surface area contributed by atoms with Crippen molar-refractivity contribution in [3.05, 3.63) is 51.7 Å². The van der Waals surface area contributed by atoms with Crippen molar-refractivity contribution in [1.82, 2.24) is 19.7 Å². The first-order valence-electron chi connectivity index (χ1n) is 7.32. The number of rotatable bonds is 5. The van der Waals surface area contributed by atoms with Gasteiger partial charge in [-0.2, -0.15) is 5.10 Å². The quantitative estimate of drug-likeness (QED) is 0.904. The van der Waals surface area contributed by atoms with Crippen LogP contribution in [0.3, 0.4) is 0 Å². The van der Waals surface area contributed by atoms with E-state index in [-0.39, 0.29) is 17.4 Å². The Hall–Kier alpha value is -2.37. The van der Waals surface area contributed by atoms with Crippen LogP contribution in [0.2, 0.25) is 0 Å². The lowest BCUT2D eigenvalue weighted by molar-refractivity contribution is 0.0946. The Kier molecular flexibility index (Phi) is 4.80. The lowest BCUT2D eigenvalue weighted by atomic mass is 10.1. The lowest BCUT2D eigenvalue weighted by Gasteiger charge is -2.14. The number of aryl methyl sites for hydroxylation is 3. The van der Waals surface area contributed by atoms with E-state index in [1.807, 2.05) is 24.6 Å². The van der Waals surface area contributed by atoms with E-state index in [1.165, 1.54) is 10.6 Å². The molecule has 0 saturated heterocycles. The predicted octanol–water partition coefficient (Wildman–Crippen LogP) is 1.26. The molecule has 1 atom stereocenters. The third-order valence-corrected chi connectivity index (χ3v) is 3.57. The molecule has 118 valence electrons. The summed E-state index contributed by atoms with van der Waals surface area (Å²) in [5, 5.41) is 7.28. The van der Waals surface area contributed by atoms with Crippen molar-refractivity contribution in [2.75, 3.05) is 6.54 Å². The number of carbonyl (C=O) groups excluding carboxylic acids is 1. The highest BCUT2D eigenvalue weighted by Crippen LogP contribution is 2.06. The molecule has 6 nitrogen and oxygen atoms in total. The summed E-state index contributed by atoms with van der Waals surface area (Å²) < 4.78 is 3.38. The van der Waals surface area contributed by atoms with E-state index in [0.717, 1.165) is 17.9 Å². The maximum absolute atomic E-state index is 12.1. The molecule has 0 aliphatic heterocycles. The van der Waals surface area contributed by atoms with Crippen LogP contribution in [-0.4, -0.2) is 26.8 Å². The molecule has 0 fully saturated rings. The zero-order valence-corrected chi connectivity index (χ0v) is 13.5. The normalized spacial score (nSPS) is 12.2. The SMILES string of the molecule is Cc1cc(C)n(CC(C)CNC(=O)c2ccn(C)c(=O)c2)n1. The zero-order valence-electron chi connectivity index (χ0n) is 13.5. The van der Waals surface area contributed by atoms with Gasteiger partial charge < -0.3 is 9.88 Å². The predicted molar refractivity (Wildman–Crippen MR) is 84.9 cm³/mol. The molecule has 0 spiro atoms. The van der Waals surface area contributed by atoms with E-state index < -0.39 is 0 Å². The lowest BCUT2D eigenvalue weighted by Crippen LogP contribution is -2.31. The first-order valence-corrected chi connectivity index (χ1v) is 7.32. The van der Waals surface area contributed by atoms with Gasteiger partial charge in [-0.1, -0.05) is 6.92 Å². The molecule has 0 radical (unpaired) electrons. The number of aromatic nitrogens is 3. The van der Waals surface area contributed by atoms with Gasteiger partial charge in [0.05, 0.1) is 5.69 Å². The molecule has 1 N–H and O–H groups in total. The van der Waals surface area contributed by atoms with Crippen molar-refractivity contribution in [3.8, 4) is 0 Å². The topological polar surface area (TPSA) is 68.9 Å². The first-order chi connectivity index (χ1) is 10.4. The number of nitrogens with zero attached hydrogens (tertiary/aromatic N) is 3. The fourth-order valence-corrected chi connectivity index (χ4v) is 2.28. The van der Waals surface area contributed by atoms with Crippen LogP contribution in [0.15, 0.2) is 29.2 Å². The average Bonchev–Trinajstić information content (AvgIpc) is 2.77. The highest BCUT2D eigenvalue weighted by atomic mass is 16.2. The van der Waals surface area contributed by atoms with Crippen LogP contribution < -0.4 is 10.9 Å². The molecule has 0 aliphatic rings. The van der Waals surface area contributed by atoms with Crippen LogP contribution in [0.5, 0.6) is 0 Å². The van der Waals surface area contributed by atoms with Gasteiger partial charge in [0, 0.05) is 43.7 Å². The maximum atomic E-state index is 12.1. The standard InChI is InChI=1S/C16H22N4O2/c1-11(10-20-13(3)7-12(2)18-20)9-17-16(22)14-5-6-19(4)15(21)8-14/h5-8,11H,9-10H2,1-4H3,(H,17,22). The Bertz CT molecular complexity index is 730. The van der Waals surface area contributed by atoms with E-state index in [9.17, 15) is 9.59 Å². The monoisotopic (exact) mass is 302 g/mol. The maximum Gasteiger partial charge on any atom is 0.251 e. The Balaban J connectivity index is 1.91. The van der Waals surface area contributed by atoms with Gasteiger partial charge >= 0.3 is 0 Å². The van der Waals surface area contributed by atoms with Crippen LogP contribution in [0, 0.1) is 19.8 Å². The molecule has 2 aromatic heterocycles. The number of nitrogens with one attached hydrogen (secondary N) is 1. The average molecular weight is 302 g/mol. The third-order valence-electron chi connectivity index (χ3n) is 3.57. The highest BCUT2D eigenvalue weighted by Gasteiger charge is 2.11. The molecule has 0 aromatic carbocycles. The fourth-order valence-electron chi connectivity index (χ4n) is 2.28. The van der Waals surface area contributed by atoms with E-state index in [0.29, 0.717) is 12.1 Å². The number of carbonyl (C=O) groups is 1. The second-order valence-corrected chi connectivity index (χ2v) is 5.79. The summed E-state index contributed by atoms with van der Waals surface area (Å²) in [7, 11) is 1.65. The minimum atomic E-state index is -0.224. The van der Waals surface area contributed by atoms with Crippen molar-refractivity contribution in [3.63, 3.8) is 0 Å². The molecule has 1 unspecified atom stereocenters. The van der Waals surface area contributed by atoms with E-state index >= 15 is 0 Å². The largest absolute Gasteiger partial charge is 0.352 e. The Morgan fingerprint density at radius 2 is 2.09 bits per heavy atom. The Morgan fingerprint density at radius 1 is 1.36 bits per heavy atom. The van der Waals surface area contributed by atoms with Gasteiger partial charge in [0.2, 0.25) is 0 Å². The minimum Gasteiger partial charge on any atom is -0.352 e. The van der Waals surface area contributed by atoms with E-state index in [1.54, 1.807) is 19.3 Å². The van der Waals surface area contributed by atoms with Crippen LogP contribution in [0.25, 0.3) is 0 Å². The summed E-state index contributed by atoms with van der Waals surface area (Å²) in [6.07, 6.45) is 1.59. The summed E-state index contributed by atoms with van der Waals surface area (Å²) >= 11 is 0. The molecule has 2 heterocycles. The minimum absolute atomic E-state index is 0.191. The molecule has 2 rings (SSSR count). The molecule has 0 aliphatic carbocycles. The molecule has 6 heteroatoms. The van der Waals surface area contributed by atoms with Gasteiger partial charge in [0.15, 0.2) is 0 Å². The van der Waals surface area contributed by atoms with E-state index in [2.05, 4.69) is 17.3 Å². The van der Waals surface area contributed by atoms with E-state index in [4.69, 9.17) is 0 Å². The second kappa shape index (κ2) is 6.60. The van der Waals surface area contributed by atoms with Crippen LogP contribution in [0.4, 0.5) is 0 Å². The zero-order chi connectivity index (χ0) is 16.3. The molecule has 2 aromatic rings. The van der Waals surface area contributed by atoms with Crippen molar-refractivity contribution in [2.45, 2.75) is 27.3 Å². The van der Waals surface area contributed by atoms with Crippen LogP contribution in [-0.2, 0) is 13.6 Å². The second-order valence-electron chi connectivity index (χ2n) is 5.79. The summed E-state index contributed by atoms with van der Waals surface area (Å²) in [4.78, 5) is 23.6. The van der Waals surface area contributed by atoms with Crippen molar-refractivity contribution in [1.29, 1.82) is 0 Å². The van der Waals surface area contributed by atoms with Crippen LogP contribution in [0.1, 0.15) is 28.7 Å². The van der Waals surface area contributed by atoms with Crippen molar-refractivity contribution in [2.24, 2.45) is 13.0 Å². The van der Waals surface area contributed by atoms with Gasteiger partial charge in [-0.25, -0.2) is 0 Å². The Labute approximate surface area is 129 Å². The third kappa shape index (κ3) is 3.84. The number of pyridine rings is 1. The number of hydrogen-bond acceptors (Lipinski definition) is 3. The molecule has 22 heavy (non-hydrogen) atoms. The smallest absolute Gasteiger partial charge is 0.251 e. The molecule has 0 saturated carbocycles. The van der Waals surface area contributed by atoms with Gasteiger partial charge in [0.25, 0.3) is 11.5 Å².